The van der Waals surface area contributed by atoms with Crippen LogP contribution in [-0.2, 0) is 16.3 Å². The average molecular weight is 1040 g/mol. The second-order valence-corrected chi connectivity index (χ2v) is 17.4. The van der Waals surface area contributed by atoms with Crippen molar-refractivity contribution in [2.24, 2.45) is 0 Å². The molecule has 10 rings (SSSR count). The minimum atomic E-state index is -0.344. The van der Waals surface area contributed by atoms with Crippen molar-refractivity contribution in [1.29, 1.82) is 0 Å². The lowest BCUT2D eigenvalue weighted by Crippen LogP contribution is -2.44. The normalized spacial score (nSPS) is 13.7. The number of carbonyl (C=O) groups excluding carboxylic acids is 2. The fraction of sp³-hybridized carbons (Fsp3) is 0.222. The lowest BCUT2D eigenvalue weighted by Gasteiger charge is -2.34. The summed E-state index contributed by atoms with van der Waals surface area (Å²) in [6, 6.07) is 27.3. The summed E-state index contributed by atoms with van der Waals surface area (Å²) in [6.45, 7) is 13.3. The Morgan fingerprint density at radius 3 is 1.59 bits per heavy atom. The lowest BCUT2D eigenvalue weighted by atomic mass is 10.2. The van der Waals surface area contributed by atoms with Crippen molar-refractivity contribution in [3.63, 3.8) is 0 Å². The topological polar surface area (TPSA) is 226 Å². The molecule has 2 amide bonds. The third-order valence-electron chi connectivity index (χ3n) is 12.2. The molecule has 22 heteroatoms. The molecule has 4 aromatic carbocycles. The van der Waals surface area contributed by atoms with E-state index in [0.717, 1.165) is 59.5 Å². The number of aromatic amines is 1. The number of H-pyrrole nitrogens is 1. The molecule has 0 aliphatic carbocycles. The number of piperazine rings is 2. The number of aliphatic hydroxyl groups is 2. The van der Waals surface area contributed by atoms with Crippen molar-refractivity contribution in [2.45, 2.75) is 6.73 Å². The highest BCUT2D eigenvalue weighted by Crippen LogP contribution is 2.34. The van der Waals surface area contributed by atoms with E-state index in [1.54, 1.807) is 85.2 Å². The third kappa shape index (κ3) is 13.2. The second kappa shape index (κ2) is 24.8. The molecule has 8 aromatic rings. The van der Waals surface area contributed by atoms with E-state index in [1.807, 2.05) is 17.0 Å². The third-order valence-corrected chi connectivity index (χ3v) is 12.2. The highest BCUT2D eigenvalue weighted by Gasteiger charge is 2.21. The zero-order valence-electron chi connectivity index (χ0n) is 42.1. The summed E-state index contributed by atoms with van der Waals surface area (Å²) in [7, 11) is 5.12. The number of anilines is 8. The van der Waals surface area contributed by atoms with Crippen molar-refractivity contribution >= 4 is 79.9 Å². The number of hydrogen-bond donors (Lipinski definition) is 7. The summed E-state index contributed by atoms with van der Waals surface area (Å²) >= 11 is 0. The first kappa shape index (κ1) is 53.3. The molecule has 0 radical (unpaired) electrons. The fourth-order valence-electron chi connectivity index (χ4n) is 8.25. The van der Waals surface area contributed by atoms with Gasteiger partial charge >= 0.3 is 0 Å². The number of amides is 2. The van der Waals surface area contributed by atoms with Gasteiger partial charge in [-0.1, -0.05) is 25.3 Å². The molecule has 2 aliphatic rings. The number of fused-ring (bicyclic) bond motifs is 2. The van der Waals surface area contributed by atoms with Crippen LogP contribution in [0.5, 0.6) is 23.3 Å². The smallest absolute Gasteiger partial charge is 0.247 e. The molecule has 0 saturated carbocycles. The first-order valence-electron chi connectivity index (χ1n) is 24.1. The first-order valence-corrected chi connectivity index (χ1v) is 24.1. The number of nitrogens with one attached hydrogen (secondary N) is 5. The summed E-state index contributed by atoms with van der Waals surface area (Å²) < 4.78 is 43.6. The molecular weight excluding hydrogens is 979 g/mol. The quantitative estimate of drug-likeness (QED) is 0.0482. The standard InChI is InChI=1S/C27H28FN7O3.C26H26FN7O2.CH4O/c1-3-24(37)29-18-5-4-6-20(15-18)38-26-21-9-10-35(17-36)25(21)31-27(32-26)30-19-7-8-23(22(28)16-19)34-13-11-33(2)12-14-34;1-3-23(35)29-17-5-4-6-19(15-17)36-25-20-9-10-28-24(20)31-26(32-25)30-18-7-8-22(21(27)16-18)34-13-11-33(2)12-14-34;1-2/h3-10,15-16,36H,1,11-14,17H2,2H3,(H,29,37)(H,30,31,32);3-10,15-16H,1,11-14H2,2H3,(H,29,35)(H2,28,30,31,32);2H,1H3. The Hall–Kier alpha value is -8.96. The van der Waals surface area contributed by atoms with E-state index in [0.29, 0.717) is 73.6 Å². The molecule has 2 fully saturated rings. The summed E-state index contributed by atoms with van der Waals surface area (Å²) in [5.74, 6) is 0.560. The predicted octanol–water partition coefficient (Wildman–Crippen LogP) is 8.05. The first-order chi connectivity index (χ1) is 36.9. The molecule has 0 atom stereocenters. The average Bonchev–Trinajstić information content (AvgIpc) is 4.08. The number of rotatable bonds is 15. The molecule has 6 heterocycles. The summed E-state index contributed by atoms with van der Waals surface area (Å²) in [5.41, 5.74) is 4.23. The van der Waals surface area contributed by atoms with Gasteiger partial charge in [0.15, 0.2) is 5.65 Å². The van der Waals surface area contributed by atoms with E-state index < -0.39 is 0 Å². The molecule has 2 aliphatic heterocycles. The minimum Gasteiger partial charge on any atom is -0.438 e. The molecule has 0 unspecified atom stereocenters. The van der Waals surface area contributed by atoms with Gasteiger partial charge in [0.2, 0.25) is 35.5 Å². The van der Waals surface area contributed by atoms with Gasteiger partial charge in [-0.05, 0) is 99.0 Å². The summed E-state index contributed by atoms with van der Waals surface area (Å²) in [5, 5.41) is 29.5. The Morgan fingerprint density at radius 2 is 1.12 bits per heavy atom. The zero-order chi connectivity index (χ0) is 53.7. The largest absolute Gasteiger partial charge is 0.438 e. The highest BCUT2D eigenvalue weighted by molar-refractivity contribution is 5.99. The number of nitrogens with zero attached hydrogens (tertiary/aromatic N) is 9. The van der Waals surface area contributed by atoms with Crippen LogP contribution in [0, 0.1) is 11.6 Å². The summed E-state index contributed by atoms with van der Waals surface area (Å²) in [6.07, 6.45) is 5.78. The van der Waals surface area contributed by atoms with Gasteiger partial charge in [-0.25, -0.2) is 8.78 Å². The number of aliphatic hydroxyl groups excluding tert-OH is 2. The van der Waals surface area contributed by atoms with E-state index in [4.69, 9.17) is 14.6 Å². The van der Waals surface area contributed by atoms with Crippen molar-refractivity contribution in [3.8, 4) is 23.3 Å². The predicted molar refractivity (Wildman–Crippen MR) is 291 cm³/mol. The monoisotopic (exact) mass is 1040 g/mol. The van der Waals surface area contributed by atoms with Gasteiger partial charge in [-0.15, -0.1) is 0 Å². The van der Waals surface area contributed by atoms with E-state index in [9.17, 15) is 19.1 Å². The van der Waals surface area contributed by atoms with Crippen LogP contribution < -0.4 is 40.5 Å². The van der Waals surface area contributed by atoms with Gasteiger partial charge in [0, 0.05) is 107 Å². The van der Waals surface area contributed by atoms with Crippen LogP contribution >= 0.6 is 0 Å². The molecule has 4 aromatic heterocycles. The molecule has 76 heavy (non-hydrogen) atoms. The Balaban J connectivity index is 0.000000195. The van der Waals surface area contributed by atoms with Gasteiger partial charge in [0.25, 0.3) is 0 Å². The molecule has 0 spiro atoms. The van der Waals surface area contributed by atoms with Crippen molar-refractivity contribution in [2.75, 3.05) is 105 Å². The molecule has 394 valence electrons. The molecular formula is C54H58F2N14O6. The Morgan fingerprint density at radius 1 is 0.632 bits per heavy atom. The van der Waals surface area contributed by atoms with Crippen LogP contribution in [0.2, 0.25) is 0 Å². The van der Waals surface area contributed by atoms with Gasteiger partial charge in [0.05, 0.1) is 22.1 Å². The number of carbonyl (C=O) groups is 2. The van der Waals surface area contributed by atoms with Crippen LogP contribution in [0.4, 0.5) is 54.8 Å². The SMILES string of the molecule is C=CC(=O)Nc1cccc(Oc2nc(Nc3ccc(N4CCN(C)CC4)c(F)c3)nc3[nH]ccc23)c1.C=CC(=O)Nc1cccc(Oc2nc(Nc3ccc(N4CCN(C)CC4)c(F)c3)nc3c2ccn3CO)c1.CO. The maximum Gasteiger partial charge on any atom is 0.247 e. The van der Waals surface area contributed by atoms with E-state index >= 15 is 4.39 Å². The van der Waals surface area contributed by atoms with Crippen LogP contribution in [0.3, 0.4) is 0 Å². The fourth-order valence-corrected chi connectivity index (χ4v) is 8.25. The van der Waals surface area contributed by atoms with Gasteiger partial charge in [-0.2, -0.15) is 19.9 Å². The highest BCUT2D eigenvalue weighted by atomic mass is 19.1. The maximum atomic E-state index is 15.0. The van der Waals surface area contributed by atoms with Crippen molar-refractivity contribution in [1.82, 2.24) is 39.3 Å². The number of aromatic nitrogens is 6. The van der Waals surface area contributed by atoms with Gasteiger partial charge in [-0.3, -0.25) is 9.59 Å². The number of hydrogen-bond acceptors (Lipinski definition) is 16. The van der Waals surface area contributed by atoms with E-state index in [1.165, 1.54) is 28.9 Å². The van der Waals surface area contributed by atoms with Crippen molar-refractivity contribution < 1.29 is 38.1 Å². The zero-order valence-corrected chi connectivity index (χ0v) is 42.1. The minimum absolute atomic E-state index is 0.170. The summed E-state index contributed by atoms with van der Waals surface area (Å²) in [4.78, 5) is 52.9. The van der Waals surface area contributed by atoms with Crippen LogP contribution in [0.1, 0.15) is 0 Å². The number of halogens is 2. The number of likely N-dealkylation sites (N-methyl/N-ethyl adjacent to an activating group) is 2. The lowest BCUT2D eigenvalue weighted by molar-refractivity contribution is -0.112. The van der Waals surface area contributed by atoms with E-state index in [2.05, 4.69) is 88.1 Å². The maximum absolute atomic E-state index is 15.0. The molecule has 20 nitrogen and oxygen atoms in total. The van der Waals surface area contributed by atoms with E-state index in [-0.39, 0.29) is 48.0 Å². The number of ether oxygens (including phenoxy) is 2. The molecule has 0 bridgehead atoms. The molecule has 2 saturated heterocycles. The Labute approximate surface area is 436 Å². The van der Waals surface area contributed by atoms with Crippen LogP contribution in [-0.4, -0.2) is 135 Å². The molecule has 7 N–H and O–H groups in total. The van der Waals surface area contributed by atoms with Crippen LogP contribution in [0.15, 0.2) is 135 Å². The van der Waals surface area contributed by atoms with Gasteiger partial charge in [0.1, 0.15) is 35.5 Å². The Kier molecular flexibility index (Phi) is 17.4. The van der Waals surface area contributed by atoms with Crippen LogP contribution in [0.25, 0.3) is 22.1 Å². The van der Waals surface area contributed by atoms with Crippen molar-refractivity contribution in [3.05, 3.63) is 146 Å². The Bertz CT molecular complexity index is 3340. The number of benzene rings is 4. The second-order valence-electron chi connectivity index (χ2n) is 17.4. The van der Waals surface area contributed by atoms with Gasteiger partial charge < -0.3 is 70.1 Å².